The molecule has 8 aromatic rings. The summed E-state index contributed by atoms with van der Waals surface area (Å²) in [7, 11) is 0. The Morgan fingerprint density at radius 1 is 0.500 bits per heavy atom. The van der Waals surface area contributed by atoms with Gasteiger partial charge in [0.2, 0.25) is 0 Å². The SMILES string of the molecule is N#Cc1ccc(-c2nc(-c3cccc(-c4cccnc4)c3)nc(-c3ccc4ccc5cccc6ccc3c4c56)n2)cc1. The summed E-state index contributed by atoms with van der Waals surface area (Å²) in [5, 5.41) is 16.5. The quantitative estimate of drug-likeness (QED) is 0.211. The van der Waals surface area contributed by atoms with E-state index in [0.29, 0.717) is 23.0 Å². The largest absolute Gasteiger partial charge is 0.264 e. The van der Waals surface area contributed by atoms with Gasteiger partial charge >= 0.3 is 0 Å². The lowest BCUT2D eigenvalue weighted by Gasteiger charge is -2.14. The number of rotatable bonds is 4. The van der Waals surface area contributed by atoms with Crippen molar-refractivity contribution in [3.05, 3.63) is 133 Å². The first-order valence-electron chi connectivity index (χ1n) is 13.7. The van der Waals surface area contributed by atoms with E-state index < -0.39 is 0 Å². The molecule has 194 valence electrons. The minimum atomic E-state index is 0.553. The number of pyridine rings is 1. The molecule has 0 fully saturated rings. The maximum absolute atomic E-state index is 9.33. The fourth-order valence-corrected chi connectivity index (χ4v) is 5.75. The van der Waals surface area contributed by atoms with E-state index in [0.717, 1.165) is 33.2 Å². The van der Waals surface area contributed by atoms with E-state index in [1.807, 2.05) is 42.6 Å². The van der Waals surface area contributed by atoms with Crippen LogP contribution in [-0.4, -0.2) is 19.9 Å². The Balaban J connectivity index is 1.37. The van der Waals surface area contributed by atoms with Crippen molar-refractivity contribution >= 4 is 32.3 Å². The van der Waals surface area contributed by atoms with Crippen molar-refractivity contribution in [3.8, 4) is 51.4 Å². The molecule has 0 radical (unpaired) electrons. The Morgan fingerprint density at radius 2 is 1.14 bits per heavy atom. The summed E-state index contributed by atoms with van der Waals surface area (Å²) < 4.78 is 0. The molecule has 0 saturated heterocycles. The summed E-state index contributed by atoms with van der Waals surface area (Å²) in [6, 6.07) is 41.1. The van der Waals surface area contributed by atoms with Crippen LogP contribution in [0.5, 0.6) is 0 Å². The van der Waals surface area contributed by atoms with E-state index in [1.54, 1.807) is 18.3 Å². The second-order valence-corrected chi connectivity index (χ2v) is 10.3. The number of nitrogens with zero attached hydrogens (tertiary/aromatic N) is 5. The zero-order valence-electron chi connectivity index (χ0n) is 22.4. The van der Waals surface area contributed by atoms with Gasteiger partial charge in [0.05, 0.1) is 11.6 Å². The standard InChI is InChI=1S/C37H21N5/c38-21-23-9-11-27(12-10-23)35-40-36(29-7-2-6-28(20-29)30-8-3-19-39-22-30)42-37(41-35)32-18-16-26-14-13-24-4-1-5-25-15-17-31(32)34(26)33(24)25/h1-20,22H. The first kappa shape index (κ1) is 23.9. The molecule has 5 heteroatoms. The predicted molar refractivity (Wildman–Crippen MR) is 168 cm³/mol. The number of nitriles is 1. The van der Waals surface area contributed by atoms with Gasteiger partial charge in [0, 0.05) is 34.6 Å². The lowest BCUT2D eigenvalue weighted by atomic mass is 9.92. The van der Waals surface area contributed by atoms with E-state index in [-0.39, 0.29) is 0 Å². The molecule has 8 rings (SSSR count). The first-order chi connectivity index (χ1) is 20.7. The summed E-state index contributed by atoms with van der Waals surface area (Å²) in [5.74, 6) is 1.73. The molecule has 0 spiro atoms. The molecule has 0 aliphatic rings. The van der Waals surface area contributed by atoms with Crippen LogP contribution < -0.4 is 0 Å². The van der Waals surface area contributed by atoms with Gasteiger partial charge in [-0.1, -0.05) is 72.8 Å². The third-order valence-corrected chi connectivity index (χ3v) is 7.79. The fourth-order valence-electron chi connectivity index (χ4n) is 5.75. The third kappa shape index (κ3) is 3.94. The van der Waals surface area contributed by atoms with Crippen LogP contribution in [0.2, 0.25) is 0 Å². The predicted octanol–water partition coefficient (Wildman–Crippen LogP) is 8.70. The van der Waals surface area contributed by atoms with E-state index in [1.165, 1.54) is 26.9 Å². The maximum Gasteiger partial charge on any atom is 0.164 e. The third-order valence-electron chi connectivity index (χ3n) is 7.79. The van der Waals surface area contributed by atoms with Crippen LogP contribution in [0.3, 0.4) is 0 Å². The second kappa shape index (κ2) is 9.58. The van der Waals surface area contributed by atoms with Crippen LogP contribution in [0.15, 0.2) is 128 Å². The molecule has 0 saturated carbocycles. The maximum atomic E-state index is 9.33. The van der Waals surface area contributed by atoms with Gasteiger partial charge < -0.3 is 0 Å². The molecule has 5 nitrogen and oxygen atoms in total. The summed E-state index contributed by atoms with van der Waals surface area (Å²) in [4.78, 5) is 19.3. The van der Waals surface area contributed by atoms with Crippen molar-refractivity contribution in [1.82, 2.24) is 19.9 Å². The van der Waals surface area contributed by atoms with E-state index in [9.17, 15) is 5.26 Å². The van der Waals surface area contributed by atoms with Gasteiger partial charge in [0.1, 0.15) is 0 Å². The highest BCUT2D eigenvalue weighted by atomic mass is 15.0. The van der Waals surface area contributed by atoms with E-state index in [4.69, 9.17) is 15.0 Å². The minimum Gasteiger partial charge on any atom is -0.264 e. The lowest BCUT2D eigenvalue weighted by molar-refractivity contribution is 1.08. The molecule has 2 aromatic heterocycles. The highest BCUT2D eigenvalue weighted by Crippen LogP contribution is 2.39. The van der Waals surface area contributed by atoms with Gasteiger partial charge in [-0.25, -0.2) is 15.0 Å². The smallest absolute Gasteiger partial charge is 0.164 e. The molecule has 2 heterocycles. The van der Waals surface area contributed by atoms with Crippen molar-refractivity contribution in [2.45, 2.75) is 0 Å². The molecule has 0 atom stereocenters. The topological polar surface area (TPSA) is 75.3 Å². The summed E-state index contributed by atoms with van der Waals surface area (Å²) in [6.45, 7) is 0. The van der Waals surface area contributed by atoms with Crippen LogP contribution >= 0.6 is 0 Å². The molecule has 6 aromatic carbocycles. The van der Waals surface area contributed by atoms with E-state index in [2.05, 4.69) is 77.8 Å². The lowest BCUT2D eigenvalue weighted by Crippen LogP contribution is -2.01. The molecule has 0 amide bonds. The molecular formula is C37H21N5. The molecule has 0 aliphatic carbocycles. The van der Waals surface area contributed by atoms with Crippen LogP contribution in [0.25, 0.3) is 77.6 Å². The molecular weight excluding hydrogens is 514 g/mol. The van der Waals surface area contributed by atoms with Crippen molar-refractivity contribution in [2.24, 2.45) is 0 Å². The highest BCUT2D eigenvalue weighted by molar-refractivity contribution is 6.25. The molecule has 42 heavy (non-hydrogen) atoms. The zero-order valence-corrected chi connectivity index (χ0v) is 22.4. The van der Waals surface area contributed by atoms with Gasteiger partial charge in [-0.3, -0.25) is 4.98 Å². The Labute approximate surface area is 241 Å². The minimum absolute atomic E-state index is 0.553. The number of hydrogen-bond donors (Lipinski definition) is 0. The van der Waals surface area contributed by atoms with Gasteiger partial charge in [-0.15, -0.1) is 0 Å². The second-order valence-electron chi connectivity index (χ2n) is 10.3. The average Bonchev–Trinajstić information content (AvgIpc) is 3.07. The van der Waals surface area contributed by atoms with Crippen LogP contribution in [0.1, 0.15) is 5.56 Å². The normalized spacial score (nSPS) is 11.3. The monoisotopic (exact) mass is 535 g/mol. The molecule has 0 bridgehead atoms. The highest BCUT2D eigenvalue weighted by Gasteiger charge is 2.17. The Hall–Kier alpha value is -5.99. The Morgan fingerprint density at radius 3 is 1.90 bits per heavy atom. The van der Waals surface area contributed by atoms with Gasteiger partial charge in [0.25, 0.3) is 0 Å². The molecule has 0 aliphatic heterocycles. The van der Waals surface area contributed by atoms with Crippen LogP contribution in [0, 0.1) is 11.3 Å². The van der Waals surface area contributed by atoms with Crippen molar-refractivity contribution < 1.29 is 0 Å². The summed E-state index contributed by atoms with van der Waals surface area (Å²) >= 11 is 0. The van der Waals surface area contributed by atoms with Crippen molar-refractivity contribution in [3.63, 3.8) is 0 Å². The number of benzene rings is 6. The zero-order chi connectivity index (χ0) is 28.0. The van der Waals surface area contributed by atoms with E-state index >= 15 is 0 Å². The summed E-state index contributed by atoms with van der Waals surface area (Å²) in [5.41, 5.74) is 5.29. The Bertz CT molecular complexity index is 2290. The van der Waals surface area contributed by atoms with Gasteiger partial charge in [-0.2, -0.15) is 5.26 Å². The molecule has 0 unspecified atom stereocenters. The van der Waals surface area contributed by atoms with Crippen LogP contribution in [0.4, 0.5) is 0 Å². The first-order valence-corrected chi connectivity index (χ1v) is 13.7. The van der Waals surface area contributed by atoms with Gasteiger partial charge in [-0.05, 0) is 80.3 Å². The van der Waals surface area contributed by atoms with Crippen molar-refractivity contribution in [1.29, 1.82) is 5.26 Å². The number of aromatic nitrogens is 4. The van der Waals surface area contributed by atoms with Crippen molar-refractivity contribution in [2.75, 3.05) is 0 Å². The fraction of sp³-hybridized carbons (Fsp3) is 0. The van der Waals surface area contributed by atoms with Gasteiger partial charge in [0.15, 0.2) is 17.5 Å². The average molecular weight is 536 g/mol. The molecule has 0 N–H and O–H groups in total. The van der Waals surface area contributed by atoms with Crippen LogP contribution in [-0.2, 0) is 0 Å². The number of hydrogen-bond acceptors (Lipinski definition) is 5. The Kier molecular flexibility index (Phi) is 5.44. The summed E-state index contributed by atoms with van der Waals surface area (Å²) in [6.07, 6.45) is 3.62.